The zero-order chi connectivity index (χ0) is 26.5. The molecule has 0 aliphatic carbocycles. The van der Waals surface area contributed by atoms with Crippen molar-refractivity contribution in [3.63, 3.8) is 0 Å². The van der Waals surface area contributed by atoms with Crippen molar-refractivity contribution in [2.24, 2.45) is 0 Å². The molecule has 0 fully saturated rings. The molecule has 0 saturated carbocycles. The van der Waals surface area contributed by atoms with E-state index in [1.54, 1.807) is 48.5 Å². The van der Waals surface area contributed by atoms with Crippen LogP contribution >= 0.6 is 23.5 Å². The molecule has 1 N–H and O–H groups in total. The minimum absolute atomic E-state index is 0.301. The molecule has 7 nitrogen and oxygen atoms in total. The van der Waals surface area contributed by atoms with Crippen LogP contribution in [0.25, 0.3) is 22.3 Å². The first kappa shape index (κ1) is 25.2. The predicted molar refractivity (Wildman–Crippen MR) is 139 cm³/mol. The topological polar surface area (TPSA) is 96.6 Å². The summed E-state index contributed by atoms with van der Waals surface area (Å²) in [4.78, 5) is 4.82. The Morgan fingerprint density at radius 2 is 1.76 bits per heavy atom. The van der Waals surface area contributed by atoms with Crippen LogP contribution in [0.4, 0.5) is 18.3 Å². The van der Waals surface area contributed by atoms with Gasteiger partial charge in [-0.05, 0) is 71.6 Å². The normalized spacial score (nSPS) is 11.1. The molecular weight excluding hydrogens is 533 g/mol. The molecule has 3 aromatic carbocycles. The second-order valence-corrected chi connectivity index (χ2v) is 9.40. The number of rotatable bonds is 7. The zero-order valence-electron chi connectivity index (χ0n) is 19.2. The van der Waals surface area contributed by atoms with E-state index in [1.165, 1.54) is 48.3 Å². The second-order valence-electron chi connectivity index (χ2n) is 7.74. The molecule has 12 heteroatoms. The van der Waals surface area contributed by atoms with E-state index in [-0.39, 0.29) is 0 Å². The maximum Gasteiger partial charge on any atom is 0.416 e. The molecule has 0 atom stereocenters. The highest BCUT2D eigenvalue weighted by molar-refractivity contribution is 8.00. The van der Waals surface area contributed by atoms with Crippen molar-refractivity contribution in [3.8, 4) is 39.8 Å². The van der Waals surface area contributed by atoms with Crippen LogP contribution in [-0.4, -0.2) is 19.6 Å². The van der Waals surface area contributed by atoms with E-state index in [2.05, 4.69) is 30.3 Å². The summed E-state index contributed by atoms with van der Waals surface area (Å²) in [5.41, 5.74) is 1.75. The van der Waals surface area contributed by atoms with Crippen molar-refractivity contribution in [3.05, 3.63) is 96.6 Å². The van der Waals surface area contributed by atoms with Crippen molar-refractivity contribution in [2.45, 2.75) is 11.1 Å². The Morgan fingerprint density at radius 3 is 2.50 bits per heavy atom. The van der Waals surface area contributed by atoms with Gasteiger partial charge in [0.1, 0.15) is 23.9 Å². The van der Waals surface area contributed by atoms with Crippen molar-refractivity contribution < 1.29 is 17.9 Å². The number of hydrogen-bond donors (Lipinski definition) is 1. The standard InChI is InChI=1S/C26H15F3N6OS2/c27-26(28,29)20-3-1-2-16(10-20)17-4-6-24(22(12-17)18-8-9-32-33-14-18)36-23-7-5-21(11-19(23)13-30)37-35-25-31-15-34-38-25/h1-12,14-15H,(H,31,34,35). The highest BCUT2D eigenvalue weighted by Gasteiger charge is 2.30. The monoisotopic (exact) mass is 548 g/mol. The maximum absolute atomic E-state index is 13.3. The van der Waals surface area contributed by atoms with Gasteiger partial charge in [0.25, 0.3) is 0 Å². The molecule has 0 radical (unpaired) electrons. The Balaban J connectivity index is 1.49. The zero-order valence-corrected chi connectivity index (χ0v) is 20.8. The van der Waals surface area contributed by atoms with Crippen LogP contribution in [-0.2, 0) is 6.18 Å². The lowest BCUT2D eigenvalue weighted by atomic mass is 9.98. The van der Waals surface area contributed by atoms with Gasteiger partial charge in [0.15, 0.2) is 0 Å². The number of halogens is 3. The molecule has 0 aliphatic heterocycles. The summed E-state index contributed by atoms with van der Waals surface area (Å²) < 4.78 is 53.0. The molecule has 38 heavy (non-hydrogen) atoms. The van der Waals surface area contributed by atoms with Gasteiger partial charge < -0.3 is 9.46 Å². The van der Waals surface area contributed by atoms with Gasteiger partial charge in [0, 0.05) is 27.6 Å². The van der Waals surface area contributed by atoms with Crippen LogP contribution in [0.2, 0.25) is 0 Å². The first-order chi connectivity index (χ1) is 18.4. The minimum atomic E-state index is -4.46. The summed E-state index contributed by atoms with van der Waals surface area (Å²) in [6, 6.07) is 19.2. The van der Waals surface area contributed by atoms with Gasteiger partial charge in [0.05, 0.1) is 23.5 Å². The van der Waals surface area contributed by atoms with Crippen molar-refractivity contribution in [1.82, 2.24) is 19.6 Å². The Hall–Kier alpha value is -4.47. The van der Waals surface area contributed by atoms with E-state index in [0.29, 0.717) is 44.4 Å². The minimum Gasteiger partial charge on any atom is -0.455 e. The van der Waals surface area contributed by atoms with E-state index in [0.717, 1.165) is 17.0 Å². The molecule has 0 amide bonds. The lowest BCUT2D eigenvalue weighted by Crippen LogP contribution is -2.04. The molecular formula is C26H15F3N6OS2. The summed E-state index contributed by atoms with van der Waals surface area (Å²) in [5.74, 6) is 0.723. The largest absolute Gasteiger partial charge is 0.455 e. The van der Waals surface area contributed by atoms with Gasteiger partial charge in [-0.2, -0.15) is 33.0 Å². The predicted octanol–water partition coefficient (Wildman–Crippen LogP) is 7.46. The molecule has 2 heterocycles. The number of nitriles is 1. The third-order valence-corrected chi connectivity index (χ3v) is 6.80. The average Bonchev–Trinajstić information content (AvgIpc) is 3.46. The molecule has 188 valence electrons. The molecule has 5 rings (SSSR count). The van der Waals surface area contributed by atoms with Crippen LogP contribution in [0.15, 0.2) is 90.3 Å². The number of hydrogen-bond acceptors (Lipinski definition) is 9. The average molecular weight is 549 g/mol. The number of nitrogens with one attached hydrogen (secondary N) is 1. The Bertz CT molecular complexity index is 1610. The summed E-state index contributed by atoms with van der Waals surface area (Å²) in [7, 11) is 0. The molecule has 0 unspecified atom stereocenters. The molecule has 0 bridgehead atoms. The molecule has 0 spiro atoms. The number of alkyl halides is 3. The number of anilines is 1. The number of nitrogens with zero attached hydrogens (tertiary/aromatic N) is 5. The van der Waals surface area contributed by atoms with Crippen molar-refractivity contribution >= 4 is 28.6 Å². The van der Waals surface area contributed by atoms with E-state index < -0.39 is 11.7 Å². The van der Waals surface area contributed by atoms with Gasteiger partial charge in [-0.3, -0.25) is 0 Å². The first-order valence-electron chi connectivity index (χ1n) is 10.9. The van der Waals surface area contributed by atoms with E-state index in [4.69, 9.17) is 4.74 Å². The second kappa shape index (κ2) is 10.9. The van der Waals surface area contributed by atoms with Crippen LogP contribution in [0.5, 0.6) is 11.5 Å². The fourth-order valence-corrected chi connectivity index (χ4v) is 4.67. The SMILES string of the molecule is N#Cc1cc(SNc2ncns2)ccc1Oc1ccc(-c2cccc(C(F)(F)F)c2)cc1-c1ccnnc1. The number of aromatic nitrogens is 4. The van der Waals surface area contributed by atoms with Gasteiger partial charge in [-0.25, -0.2) is 4.98 Å². The third kappa shape index (κ3) is 5.74. The Kier molecular flexibility index (Phi) is 7.21. The van der Waals surface area contributed by atoms with Crippen LogP contribution in [0.3, 0.4) is 0 Å². The van der Waals surface area contributed by atoms with Gasteiger partial charge in [0.2, 0.25) is 5.13 Å². The fraction of sp³-hybridized carbons (Fsp3) is 0.0385. The highest BCUT2D eigenvalue weighted by atomic mass is 32.2. The summed E-state index contributed by atoms with van der Waals surface area (Å²) in [5, 5.41) is 18.1. The van der Waals surface area contributed by atoms with Gasteiger partial charge >= 0.3 is 6.18 Å². The highest BCUT2D eigenvalue weighted by Crippen LogP contribution is 2.39. The molecule has 0 saturated heterocycles. The smallest absolute Gasteiger partial charge is 0.416 e. The summed E-state index contributed by atoms with van der Waals surface area (Å²) in [6.07, 6.45) is 0.0249. The van der Waals surface area contributed by atoms with E-state index in [1.807, 2.05) is 0 Å². The lowest BCUT2D eigenvalue weighted by Gasteiger charge is -2.15. The third-order valence-electron chi connectivity index (χ3n) is 5.31. The van der Waals surface area contributed by atoms with Crippen LogP contribution < -0.4 is 9.46 Å². The lowest BCUT2D eigenvalue weighted by molar-refractivity contribution is -0.137. The van der Waals surface area contributed by atoms with E-state index >= 15 is 0 Å². The van der Waals surface area contributed by atoms with E-state index in [9.17, 15) is 18.4 Å². The molecule has 5 aromatic rings. The number of ether oxygens (including phenoxy) is 1. The molecule has 0 aliphatic rings. The van der Waals surface area contributed by atoms with Crippen molar-refractivity contribution in [2.75, 3.05) is 4.72 Å². The quantitative estimate of drug-likeness (QED) is 0.209. The Labute approximate surface area is 223 Å². The first-order valence-corrected chi connectivity index (χ1v) is 12.5. The Morgan fingerprint density at radius 1 is 0.921 bits per heavy atom. The van der Waals surface area contributed by atoms with Gasteiger partial charge in [-0.15, -0.1) is 0 Å². The van der Waals surface area contributed by atoms with Crippen LogP contribution in [0, 0.1) is 11.3 Å². The molecule has 2 aromatic heterocycles. The van der Waals surface area contributed by atoms with Crippen molar-refractivity contribution in [1.29, 1.82) is 5.26 Å². The maximum atomic E-state index is 13.3. The summed E-state index contributed by atoms with van der Waals surface area (Å²) >= 11 is 2.49. The van der Waals surface area contributed by atoms with Gasteiger partial charge in [-0.1, -0.05) is 18.2 Å². The number of benzene rings is 3. The summed E-state index contributed by atoms with van der Waals surface area (Å²) in [6.45, 7) is 0. The fourth-order valence-electron chi connectivity index (χ4n) is 3.54. The van der Waals surface area contributed by atoms with Crippen LogP contribution in [0.1, 0.15) is 11.1 Å².